The van der Waals surface area contributed by atoms with E-state index in [0.29, 0.717) is 12.5 Å². The molecule has 26 heavy (non-hydrogen) atoms. The number of hydrogen-bond donors (Lipinski definition) is 2. The molecule has 0 radical (unpaired) electrons. The second-order valence-electron chi connectivity index (χ2n) is 7.52. The molecule has 2 N–H and O–H groups in total. The number of nitrogens with one attached hydrogen (secondary N) is 2. The molecule has 0 aliphatic carbocycles. The Hall–Kier alpha value is -2.13. The molecule has 0 spiro atoms. The fraction of sp³-hybridized carbons (Fsp3) is 0.435. The van der Waals surface area contributed by atoms with Gasteiger partial charge < -0.3 is 10.6 Å². The minimum absolute atomic E-state index is 0.00381. The van der Waals surface area contributed by atoms with Gasteiger partial charge in [-0.1, -0.05) is 62.7 Å². The van der Waals surface area contributed by atoms with Crippen molar-refractivity contribution in [3.63, 3.8) is 0 Å². The molecule has 0 aliphatic heterocycles. The van der Waals surface area contributed by atoms with Crippen molar-refractivity contribution in [3.05, 3.63) is 64.2 Å². The molecule has 0 bridgehead atoms. The van der Waals surface area contributed by atoms with Gasteiger partial charge in [0.15, 0.2) is 0 Å². The highest BCUT2D eigenvalue weighted by molar-refractivity contribution is 5.93. The Kier molecular flexibility index (Phi) is 6.98. The van der Waals surface area contributed by atoms with E-state index < -0.39 is 0 Å². The van der Waals surface area contributed by atoms with Gasteiger partial charge in [0.1, 0.15) is 0 Å². The van der Waals surface area contributed by atoms with Crippen molar-refractivity contribution in [2.45, 2.75) is 54.0 Å². The van der Waals surface area contributed by atoms with Crippen LogP contribution in [0, 0.1) is 26.7 Å². The average molecular weight is 353 g/mol. The van der Waals surface area contributed by atoms with E-state index in [9.17, 15) is 4.79 Å². The number of amides is 1. The molecule has 0 aromatic heterocycles. The predicted molar refractivity (Wildman–Crippen MR) is 111 cm³/mol. The van der Waals surface area contributed by atoms with Crippen LogP contribution in [-0.2, 0) is 11.2 Å². The zero-order chi connectivity index (χ0) is 19.3. The molecule has 0 saturated carbocycles. The van der Waals surface area contributed by atoms with Crippen LogP contribution in [0.15, 0.2) is 36.4 Å². The quantitative estimate of drug-likeness (QED) is 0.728. The zero-order valence-corrected chi connectivity index (χ0v) is 16.9. The molecule has 0 aliphatic rings. The average Bonchev–Trinajstić information content (AvgIpc) is 2.58. The van der Waals surface area contributed by atoms with Crippen molar-refractivity contribution in [3.8, 4) is 0 Å². The number of hydrogen-bond acceptors (Lipinski definition) is 2. The van der Waals surface area contributed by atoms with Gasteiger partial charge >= 0.3 is 0 Å². The van der Waals surface area contributed by atoms with Crippen LogP contribution >= 0.6 is 0 Å². The minimum atomic E-state index is -0.00381. The molecular weight excluding hydrogens is 320 g/mol. The summed E-state index contributed by atoms with van der Waals surface area (Å²) >= 11 is 0. The van der Waals surface area contributed by atoms with Crippen molar-refractivity contribution in [2.24, 2.45) is 5.92 Å². The molecule has 3 nitrogen and oxygen atoms in total. The molecule has 2 rings (SSSR count). The van der Waals surface area contributed by atoms with Gasteiger partial charge in [0, 0.05) is 11.7 Å². The first-order chi connectivity index (χ1) is 12.3. The highest BCUT2D eigenvalue weighted by atomic mass is 16.1. The van der Waals surface area contributed by atoms with Crippen LogP contribution in [0.5, 0.6) is 0 Å². The van der Waals surface area contributed by atoms with Gasteiger partial charge in [-0.05, 0) is 55.4 Å². The van der Waals surface area contributed by atoms with Gasteiger partial charge in [-0.3, -0.25) is 4.79 Å². The van der Waals surface area contributed by atoms with E-state index in [2.05, 4.69) is 74.7 Å². The number of anilines is 1. The Labute approximate surface area is 158 Å². The van der Waals surface area contributed by atoms with E-state index in [-0.39, 0.29) is 11.9 Å². The molecule has 0 heterocycles. The van der Waals surface area contributed by atoms with Crippen molar-refractivity contribution < 1.29 is 4.79 Å². The van der Waals surface area contributed by atoms with Crippen LogP contribution in [0.2, 0.25) is 0 Å². The fourth-order valence-electron chi connectivity index (χ4n) is 3.46. The number of benzene rings is 2. The summed E-state index contributed by atoms with van der Waals surface area (Å²) in [4.78, 5) is 12.5. The van der Waals surface area contributed by atoms with Gasteiger partial charge in [-0.15, -0.1) is 0 Å². The Morgan fingerprint density at radius 1 is 1.00 bits per heavy atom. The van der Waals surface area contributed by atoms with Crippen LogP contribution in [-0.4, -0.2) is 12.5 Å². The summed E-state index contributed by atoms with van der Waals surface area (Å²) in [6.45, 7) is 13.0. The van der Waals surface area contributed by atoms with Crippen LogP contribution < -0.4 is 10.6 Å². The lowest BCUT2D eigenvalue weighted by Crippen LogP contribution is -2.34. The summed E-state index contributed by atoms with van der Waals surface area (Å²) in [5, 5.41) is 6.50. The number of carbonyl (C=O) groups excluding carboxylic acids is 1. The highest BCUT2D eigenvalue weighted by Gasteiger charge is 2.17. The summed E-state index contributed by atoms with van der Waals surface area (Å²) in [7, 11) is 0. The molecule has 0 fully saturated rings. The van der Waals surface area contributed by atoms with E-state index in [1.807, 2.05) is 13.8 Å². The van der Waals surface area contributed by atoms with Crippen molar-refractivity contribution in [1.29, 1.82) is 0 Å². The number of rotatable bonds is 7. The first-order valence-electron chi connectivity index (χ1n) is 9.51. The third-order valence-electron chi connectivity index (χ3n) is 4.84. The van der Waals surface area contributed by atoms with Crippen molar-refractivity contribution in [1.82, 2.24) is 5.32 Å². The van der Waals surface area contributed by atoms with Crippen molar-refractivity contribution in [2.75, 3.05) is 11.9 Å². The van der Waals surface area contributed by atoms with E-state index in [1.165, 1.54) is 16.7 Å². The molecule has 1 amide bonds. The molecule has 2 aromatic carbocycles. The molecular formula is C23H32N2O. The lowest BCUT2D eigenvalue weighted by molar-refractivity contribution is -0.115. The Bertz CT molecular complexity index is 724. The lowest BCUT2D eigenvalue weighted by Gasteiger charge is -2.23. The summed E-state index contributed by atoms with van der Waals surface area (Å²) in [5.41, 5.74) is 6.91. The summed E-state index contributed by atoms with van der Waals surface area (Å²) in [6.07, 6.45) is 1.04. The van der Waals surface area contributed by atoms with Crippen LogP contribution in [0.3, 0.4) is 0 Å². The maximum atomic E-state index is 12.5. The molecule has 0 unspecified atom stereocenters. The molecule has 1 atom stereocenters. The van der Waals surface area contributed by atoms with E-state index >= 15 is 0 Å². The first-order valence-corrected chi connectivity index (χ1v) is 9.51. The maximum absolute atomic E-state index is 12.5. The van der Waals surface area contributed by atoms with E-state index in [1.54, 1.807) is 0 Å². The maximum Gasteiger partial charge on any atom is 0.238 e. The normalized spacial score (nSPS) is 12.3. The van der Waals surface area contributed by atoms with Crippen LogP contribution in [0.25, 0.3) is 0 Å². The summed E-state index contributed by atoms with van der Waals surface area (Å²) in [6, 6.07) is 13.0. The summed E-state index contributed by atoms with van der Waals surface area (Å²) in [5.74, 6) is 0.397. The van der Waals surface area contributed by atoms with E-state index in [0.717, 1.165) is 23.2 Å². The van der Waals surface area contributed by atoms with Crippen molar-refractivity contribution >= 4 is 11.6 Å². The van der Waals surface area contributed by atoms with Crippen LogP contribution in [0.1, 0.15) is 54.6 Å². The van der Waals surface area contributed by atoms with E-state index in [4.69, 9.17) is 0 Å². The van der Waals surface area contributed by atoms with Gasteiger partial charge in [0.2, 0.25) is 5.91 Å². The number of carbonyl (C=O) groups is 1. The highest BCUT2D eigenvalue weighted by Crippen LogP contribution is 2.23. The van der Waals surface area contributed by atoms with Gasteiger partial charge in [-0.2, -0.15) is 0 Å². The Balaban J connectivity index is 2.03. The monoisotopic (exact) mass is 352 g/mol. The second kappa shape index (κ2) is 9.00. The lowest BCUT2D eigenvalue weighted by atomic mass is 9.95. The largest absolute Gasteiger partial charge is 0.324 e. The summed E-state index contributed by atoms with van der Waals surface area (Å²) < 4.78 is 0. The van der Waals surface area contributed by atoms with Gasteiger partial charge in [0.25, 0.3) is 0 Å². The van der Waals surface area contributed by atoms with Crippen LogP contribution in [0.4, 0.5) is 5.69 Å². The molecule has 2 aromatic rings. The predicted octanol–water partition coefficient (Wildman–Crippen LogP) is 5.10. The smallest absolute Gasteiger partial charge is 0.238 e. The fourth-order valence-corrected chi connectivity index (χ4v) is 3.46. The molecule has 0 saturated heterocycles. The SMILES string of the molecule is CCc1ccc([C@@H](NCC(=O)Nc2c(C)cc(C)cc2C)C(C)C)cc1. The topological polar surface area (TPSA) is 41.1 Å². The Morgan fingerprint density at radius 2 is 1.58 bits per heavy atom. The standard InChI is InChI=1S/C23H32N2O/c1-7-19-8-10-20(11-9-19)22(15(2)3)24-14-21(26)25-23-17(5)12-16(4)13-18(23)6/h8-13,15,22,24H,7,14H2,1-6H3,(H,25,26)/t22-/m0/s1. The zero-order valence-electron chi connectivity index (χ0n) is 16.9. The van der Waals surface area contributed by atoms with Gasteiger partial charge in [-0.25, -0.2) is 0 Å². The third kappa shape index (κ3) is 5.18. The second-order valence-corrected chi connectivity index (χ2v) is 7.52. The Morgan fingerprint density at radius 3 is 2.08 bits per heavy atom. The van der Waals surface area contributed by atoms with Gasteiger partial charge in [0.05, 0.1) is 6.54 Å². The molecule has 3 heteroatoms. The third-order valence-corrected chi connectivity index (χ3v) is 4.84. The first kappa shape index (κ1) is 20.2. The number of aryl methyl sites for hydroxylation is 4. The molecule has 140 valence electrons. The minimum Gasteiger partial charge on any atom is -0.324 e.